The van der Waals surface area contributed by atoms with E-state index in [0.29, 0.717) is 24.7 Å². The second-order valence-corrected chi connectivity index (χ2v) is 5.37. The Balaban J connectivity index is 2.11. The van der Waals surface area contributed by atoms with E-state index < -0.39 is 17.7 Å². The topological polar surface area (TPSA) is 65.0 Å². The number of halogens is 1. The van der Waals surface area contributed by atoms with Crippen LogP contribution >= 0.6 is 0 Å². The Morgan fingerprint density at radius 3 is 2.81 bits per heavy atom. The van der Waals surface area contributed by atoms with E-state index in [1.165, 1.54) is 13.2 Å². The van der Waals surface area contributed by atoms with Crippen LogP contribution in [0.3, 0.4) is 0 Å². The number of carboxylic acid groups (broad SMARTS) is 1. The number of rotatable bonds is 5. The monoisotopic (exact) mass is 296 g/mol. The summed E-state index contributed by atoms with van der Waals surface area (Å²) in [6, 6.07) is 1.46. The van der Waals surface area contributed by atoms with Crippen LogP contribution in [-0.4, -0.2) is 31.4 Å². The Kier molecular flexibility index (Phi) is 3.61. The van der Waals surface area contributed by atoms with E-state index in [-0.39, 0.29) is 23.7 Å². The van der Waals surface area contributed by atoms with Crippen LogP contribution in [0.5, 0.6) is 17.2 Å². The van der Waals surface area contributed by atoms with Crippen molar-refractivity contribution in [2.45, 2.75) is 25.2 Å². The number of carbonyl (C=O) groups is 1. The van der Waals surface area contributed by atoms with Gasteiger partial charge in [-0.2, -0.15) is 0 Å². The quantitative estimate of drug-likeness (QED) is 0.904. The first-order chi connectivity index (χ1) is 10.1. The van der Waals surface area contributed by atoms with Gasteiger partial charge in [0.25, 0.3) is 0 Å². The zero-order chi connectivity index (χ0) is 15.0. The maximum Gasteiger partial charge on any atom is 0.303 e. The highest BCUT2D eigenvalue weighted by atomic mass is 19.1. The van der Waals surface area contributed by atoms with Gasteiger partial charge in [0.05, 0.1) is 13.5 Å². The molecule has 1 aromatic rings. The normalized spacial score (nSPS) is 18.2. The van der Waals surface area contributed by atoms with E-state index in [4.69, 9.17) is 19.3 Å². The van der Waals surface area contributed by atoms with Crippen molar-refractivity contribution >= 4 is 5.97 Å². The summed E-state index contributed by atoms with van der Waals surface area (Å²) in [5.41, 5.74) is 0.286. The van der Waals surface area contributed by atoms with Gasteiger partial charge in [-0.15, -0.1) is 0 Å². The predicted octanol–water partition coefficient (Wildman–Crippen LogP) is 2.57. The Morgan fingerprint density at radius 1 is 1.48 bits per heavy atom. The number of fused-ring (bicyclic) bond motifs is 1. The van der Waals surface area contributed by atoms with E-state index in [9.17, 15) is 9.18 Å². The number of methoxy groups -OCH3 is 1. The summed E-state index contributed by atoms with van der Waals surface area (Å²) in [5, 5.41) is 9.12. The molecule has 1 atom stereocenters. The molecule has 2 aliphatic rings. The molecule has 21 heavy (non-hydrogen) atoms. The van der Waals surface area contributed by atoms with Gasteiger partial charge in [-0.1, -0.05) is 0 Å². The molecule has 5 nitrogen and oxygen atoms in total. The van der Waals surface area contributed by atoms with Crippen LogP contribution in [0.1, 0.15) is 30.7 Å². The number of hydrogen-bond donors (Lipinski definition) is 1. The zero-order valence-corrected chi connectivity index (χ0v) is 11.7. The molecule has 1 aliphatic heterocycles. The second kappa shape index (κ2) is 5.42. The fourth-order valence-corrected chi connectivity index (χ4v) is 2.84. The third-order valence-corrected chi connectivity index (χ3v) is 3.95. The summed E-state index contributed by atoms with van der Waals surface area (Å²) in [7, 11) is 1.38. The van der Waals surface area contributed by atoms with E-state index >= 15 is 0 Å². The van der Waals surface area contributed by atoms with Crippen molar-refractivity contribution in [2.24, 2.45) is 5.92 Å². The molecular formula is C15H17FO5. The Morgan fingerprint density at radius 2 is 2.19 bits per heavy atom. The fourth-order valence-electron chi connectivity index (χ4n) is 2.84. The molecule has 114 valence electrons. The first-order valence-corrected chi connectivity index (χ1v) is 6.99. The minimum absolute atomic E-state index is 0.0605. The average Bonchev–Trinajstić information content (AvgIpc) is 3.29. The van der Waals surface area contributed by atoms with Crippen LogP contribution in [0, 0.1) is 11.7 Å². The van der Waals surface area contributed by atoms with E-state index in [2.05, 4.69) is 0 Å². The van der Waals surface area contributed by atoms with E-state index in [0.717, 1.165) is 12.8 Å². The third-order valence-electron chi connectivity index (χ3n) is 3.95. The van der Waals surface area contributed by atoms with Gasteiger partial charge in [-0.25, -0.2) is 4.39 Å². The van der Waals surface area contributed by atoms with Crippen LogP contribution in [0.25, 0.3) is 0 Å². The molecule has 3 rings (SSSR count). The summed E-state index contributed by atoms with van der Waals surface area (Å²) in [5.74, 6) is -0.904. The highest BCUT2D eigenvalue weighted by Crippen LogP contribution is 2.52. The lowest BCUT2D eigenvalue weighted by atomic mass is 9.89. The third kappa shape index (κ3) is 2.62. The molecule has 1 aromatic carbocycles. The van der Waals surface area contributed by atoms with Crippen molar-refractivity contribution in [3.63, 3.8) is 0 Å². The van der Waals surface area contributed by atoms with Crippen molar-refractivity contribution < 1.29 is 28.5 Å². The van der Waals surface area contributed by atoms with Crippen molar-refractivity contribution in [3.05, 3.63) is 17.4 Å². The van der Waals surface area contributed by atoms with Gasteiger partial charge in [-0.05, 0) is 18.8 Å². The lowest BCUT2D eigenvalue weighted by molar-refractivity contribution is -0.137. The summed E-state index contributed by atoms with van der Waals surface area (Å²) < 4.78 is 30.8. The lowest BCUT2D eigenvalue weighted by Crippen LogP contribution is -2.20. The molecule has 1 unspecified atom stereocenters. The van der Waals surface area contributed by atoms with Gasteiger partial charge >= 0.3 is 5.97 Å². The molecule has 0 amide bonds. The zero-order valence-electron chi connectivity index (χ0n) is 11.7. The molecular weight excluding hydrogens is 279 g/mol. The van der Waals surface area contributed by atoms with Crippen LogP contribution in [-0.2, 0) is 4.79 Å². The molecule has 0 aromatic heterocycles. The van der Waals surface area contributed by atoms with Gasteiger partial charge in [-0.3, -0.25) is 4.79 Å². The minimum Gasteiger partial charge on any atom is -0.494 e. The highest BCUT2D eigenvalue weighted by molar-refractivity contribution is 5.69. The van der Waals surface area contributed by atoms with Gasteiger partial charge in [0.15, 0.2) is 23.1 Å². The first kappa shape index (κ1) is 14.0. The predicted molar refractivity (Wildman–Crippen MR) is 71.7 cm³/mol. The summed E-state index contributed by atoms with van der Waals surface area (Å²) in [4.78, 5) is 11.1. The number of carboxylic acids is 1. The molecule has 0 radical (unpaired) electrons. The molecule has 0 spiro atoms. The van der Waals surface area contributed by atoms with E-state index in [1.54, 1.807) is 0 Å². The van der Waals surface area contributed by atoms with Crippen molar-refractivity contribution in [3.8, 4) is 17.2 Å². The number of hydrogen-bond acceptors (Lipinski definition) is 4. The number of benzene rings is 1. The standard InChI is InChI=1S/C15H17FO5/c1-19-10-7-11-15(21-5-4-20-11)13(14(10)16)9(6-12(17)18)8-2-3-8/h7-9H,2-6H2,1H3,(H,17,18). The smallest absolute Gasteiger partial charge is 0.303 e. The van der Waals surface area contributed by atoms with Crippen LogP contribution in [0.4, 0.5) is 4.39 Å². The second-order valence-electron chi connectivity index (χ2n) is 5.37. The van der Waals surface area contributed by atoms with Crippen molar-refractivity contribution in [1.82, 2.24) is 0 Å². The highest BCUT2D eigenvalue weighted by Gasteiger charge is 2.39. The SMILES string of the molecule is COc1cc2c(c(C(CC(=O)O)C3CC3)c1F)OCCO2. The van der Waals surface area contributed by atoms with Gasteiger partial charge in [0.2, 0.25) is 0 Å². The maximum atomic E-state index is 14.7. The Labute approximate surface area is 121 Å². The lowest BCUT2D eigenvalue weighted by Gasteiger charge is -2.26. The summed E-state index contributed by atoms with van der Waals surface area (Å²) in [6.45, 7) is 0.713. The number of ether oxygens (including phenoxy) is 3. The Hall–Kier alpha value is -1.98. The van der Waals surface area contributed by atoms with Crippen molar-refractivity contribution in [2.75, 3.05) is 20.3 Å². The molecule has 0 bridgehead atoms. The average molecular weight is 296 g/mol. The molecule has 1 N–H and O–H groups in total. The van der Waals surface area contributed by atoms with Gasteiger partial charge in [0.1, 0.15) is 13.2 Å². The van der Waals surface area contributed by atoms with E-state index in [1.807, 2.05) is 0 Å². The first-order valence-electron chi connectivity index (χ1n) is 6.99. The number of aliphatic carboxylic acids is 1. The molecule has 6 heteroatoms. The maximum absolute atomic E-state index is 14.7. The van der Waals surface area contributed by atoms with Crippen LogP contribution in [0.2, 0.25) is 0 Å². The van der Waals surface area contributed by atoms with Gasteiger partial charge < -0.3 is 19.3 Å². The fraction of sp³-hybridized carbons (Fsp3) is 0.533. The summed E-state index contributed by atoms with van der Waals surface area (Å²) in [6.07, 6.45) is 1.69. The summed E-state index contributed by atoms with van der Waals surface area (Å²) >= 11 is 0. The van der Waals surface area contributed by atoms with Crippen LogP contribution in [0.15, 0.2) is 6.07 Å². The molecule has 1 fully saturated rings. The Bertz CT molecular complexity index is 568. The van der Waals surface area contributed by atoms with Crippen LogP contribution < -0.4 is 14.2 Å². The van der Waals surface area contributed by atoms with Crippen molar-refractivity contribution in [1.29, 1.82) is 0 Å². The molecule has 1 aliphatic carbocycles. The molecule has 1 heterocycles. The molecule has 0 saturated heterocycles. The van der Waals surface area contributed by atoms with Gasteiger partial charge in [0, 0.05) is 17.5 Å². The molecule has 1 saturated carbocycles. The minimum atomic E-state index is -0.945. The largest absolute Gasteiger partial charge is 0.494 e.